The van der Waals surface area contributed by atoms with Crippen molar-refractivity contribution in [1.82, 2.24) is 4.90 Å². The maximum Gasteiger partial charge on any atom is 0.160 e. The standard InChI is InChI=1S/C23H37NO3/c1-3-25-23(26-4-2)12-9-11-21-13-15-22(16-14-21)27-20-10-19-24-17-7-5-6-8-18-24/h9,11,13-16,23H,3-8,10,12,17-20H2,1-2H3/b11-9+. The third-order valence-electron chi connectivity index (χ3n) is 4.81. The summed E-state index contributed by atoms with van der Waals surface area (Å²) in [6.45, 7) is 9.77. The van der Waals surface area contributed by atoms with E-state index in [-0.39, 0.29) is 6.29 Å². The predicted molar refractivity (Wildman–Crippen MR) is 112 cm³/mol. The molecule has 152 valence electrons. The summed E-state index contributed by atoms with van der Waals surface area (Å²) in [7, 11) is 0. The molecule has 0 atom stereocenters. The van der Waals surface area contributed by atoms with Crippen molar-refractivity contribution < 1.29 is 14.2 Å². The van der Waals surface area contributed by atoms with Crippen LogP contribution in [0.1, 0.15) is 57.9 Å². The van der Waals surface area contributed by atoms with Crippen LogP contribution in [0.25, 0.3) is 6.08 Å². The van der Waals surface area contributed by atoms with Gasteiger partial charge >= 0.3 is 0 Å². The van der Waals surface area contributed by atoms with Crippen molar-refractivity contribution in [3.63, 3.8) is 0 Å². The summed E-state index contributed by atoms with van der Waals surface area (Å²) in [4.78, 5) is 2.59. The molecule has 1 aromatic rings. The molecule has 0 saturated carbocycles. The van der Waals surface area contributed by atoms with Gasteiger partial charge in [0.1, 0.15) is 5.75 Å². The second-order valence-electron chi connectivity index (χ2n) is 7.01. The lowest BCUT2D eigenvalue weighted by Gasteiger charge is -2.19. The molecule has 0 N–H and O–H groups in total. The van der Waals surface area contributed by atoms with Crippen LogP contribution in [0.4, 0.5) is 0 Å². The SMILES string of the molecule is CCOC(C/C=C/c1ccc(OCCCN2CCCCCC2)cc1)OCC. The Kier molecular flexibility index (Phi) is 11.2. The maximum absolute atomic E-state index is 5.90. The molecule has 27 heavy (non-hydrogen) atoms. The first-order valence-electron chi connectivity index (χ1n) is 10.7. The van der Waals surface area contributed by atoms with Crippen LogP contribution in [0.3, 0.4) is 0 Å². The van der Waals surface area contributed by atoms with Gasteiger partial charge in [0.15, 0.2) is 6.29 Å². The van der Waals surface area contributed by atoms with Crippen LogP contribution in [0.5, 0.6) is 5.75 Å². The molecule has 1 fully saturated rings. The summed E-state index contributed by atoms with van der Waals surface area (Å²) >= 11 is 0. The van der Waals surface area contributed by atoms with Gasteiger partial charge in [0.05, 0.1) is 6.61 Å². The quantitative estimate of drug-likeness (QED) is 0.374. The first kappa shape index (κ1) is 21.9. The summed E-state index contributed by atoms with van der Waals surface area (Å²) in [6.07, 6.45) is 11.4. The van der Waals surface area contributed by atoms with E-state index < -0.39 is 0 Å². The van der Waals surface area contributed by atoms with Crippen molar-refractivity contribution in [2.24, 2.45) is 0 Å². The van der Waals surface area contributed by atoms with Crippen molar-refractivity contribution in [3.8, 4) is 5.75 Å². The first-order chi connectivity index (χ1) is 13.3. The molecule has 0 spiro atoms. The Morgan fingerprint density at radius 3 is 2.26 bits per heavy atom. The zero-order chi connectivity index (χ0) is 19.2. The number of nitrogens with zero attached hydrogens (tertiary/aromatic N) is 1. The molecule has 1 aliphatic heterocycles. The number of likely N-dealkylation sites (tertiary alicyclic amines) is 1. The van der Waals surface area contributed by atoms with Crippen LogP contribution in [0, 0.1) is 0 Å². The highest BCUT2D eigenvalue weighted by molar-refractivity contribution is 5.50. The number of ether oxygens (including phenoxy) is 3. The van der Waals surface area contributed by atoms with E-state index in [9.17, 15) is 0 Å². The topological polar surface area (TPSA) is 30.9 Å². The monoisotopic (exact) mass is 375 g/mol. The number of rotatable bonds is 12. The molecule has 0 bridgehead atoms. The molecule has 1 aromatic carbocycles. The van der Waals surface area contributed by atoms with Crippen LogP contribution in [-0.2, 0) is 9.47 Å². The molecule has 0 amide bonds. The van der Waals surface area contributed by atoms with E-state index in [1.165, 1.54) is 44.3 Å². The number of benzene rings is 1. The van der Waals surface area contributed by atoms with Crippen molar-refractivity contribution in [3.05, 3.63) is 35.9 Å². The van der Waals surface area contributed by atoms with Gasteiger partial charge in [0.2, 0.25) is 0 Å². The number of hydrogen-bond acceptors (Lipinski definition) is 4. The van der Waals surface area contributed by atoms with E-state index in [4.69, 9.17) is 14.2 Å². The van der Waals surface area contributed by atoms with E-state index in [2.05, 4.69) is 29.2 Å². The van der Waals surface area contributed by atoms with Crippen LogP contribution in [-0.4, -0.2) is 50.6 Å². The van der Waals surface area contributed by atoms with Gasteiger partial charge in [0.25, 0.3) is 0 Å². The summed E-state index contributed by atoms with van der Waals surface area (Å²) in [5.41, 5.74) is 1.17. The molecule has 0 unspecified atom stereocenters. The van der Waals surface area contributed by atoms with Gasteiger partial charge < -0.3 is 19.1 Å². The molecule has 0 aliphatic carbocycles. The highest BCUT2D eigenvalue weighted by Crippen LogP contribution is 2.15. The molecule has 4 nitrogen and oxygen atoms in total. The molecule has 4 heteroatoms. The van der Waals surface area contributed by atoms with Crippen LogP contribution in [0.15, 0.2) is 30.3 Å². The molecule has 1 saturated heterocycles. The molecule has 0 aromatic heterocycles. The second kappa shape index (κ2) is 13.8. The van der Waals surface area contributed by atoms with E-state index in [1.807, 2.05) is 26.0 Å². The zero-order valence-electron chi connectivity index (χ0n) is 17.2. The Morgan fingerprint density at radius 1 is 0.963 bits per heavy atom. The first-order valence-corrected chi connectivity index (χ1v) is 10.7. The average molecular weight is 376 g/mol. The van der Waals surface area contributed by atoms with Crippen molar-refractivity contribution in [2.45, 2.75) is 58.7 Å². The summed E-state index contributed by atoms with van der Waals surface area (Å²) < 4.78 is 17.0. The Balaban J connectivity index is 1.65. The minimum atomic E-state index is -0.150. The van der Waals surface area contributed by atoms with E-state index in [0.29, 0.717) is 13.2 Å². The summed E-state index contributed by atoms with van der Waals surface area (Å²) in [5, 5.41) is 0. The highest BCUT2D eigenvalue weighted by Gasteiger charge is 2.08. The van der Waals surface area contributed by atoms with Crippen LogP contribution >= 0.6 is 0 Å². The molecule has 1 heterocycles. The van der Waals surface area contributed by atoms with Gasteiger partial charge in [0, 0.05) is 26.2 Å². The van der Waals surface area contributed by atoms with Crippen LogP contribution in [0.2, 0.25) is 0 Å². The predicted octanol–water partition coefficient (Wildman–Crippen LogP) is 5.13. The third-order valence-corrected chi connectivity index (χ3v) is 4.81. The molecular weight excluding hydrogens is 338 g/mol. The van der Waals surface area contributed by atoms with Gasteiger partial charge in [-0.15, -0.1) is 0 Å². The van der Waals surface area contributed by atoms with Crippen LogP contribution < -0.4 is 4.74 Å². The van der Waals surface area contributed by atoms with Gasteiger partial charge in [-0.2, -0.15) is 0 Å². The molecule has 0 radical (unpaired) electrons. The summed E-state index contributed by atoms with van der Waals surface area (Å²) in [5.74, 6) is 0.949. The van der Waals surface area contributed by atoms with Crippen molar-refractivity contribution >= 4 is 6.08 Å². The lowest BCUT2D eigenvalue weighted by atomic mass is 10.2. The Labute approximate surface area is 165 Å². The van der Waals surface area contributed by atoms with E-state index in [1.54, 1.807) is 0 Å². The zero-order valence-corrected chi connectivity index (χ0v) is 17.2. The van der Waals surface area contributed by atoms with E-state index >= 15 is 0 Å². The lowest BCUT2D eigenvalue weighted by Crippen LogP contribution is -2.26. The lowest BCUT2D eigenvalue weighted by molar-refractivity contribution is -0.133. The Bertz CT molecular complexity index is 501. The smallest absolute Gasteiger partial charge is 0.160 e. The maximum atomic E-state index is 5.90. The fourth-order valence-corrected chi connectivity index (χ4v) is 3.38. The fourth-order valence-electron chi connectivity index (χ4n) is 3.38. The average Bonchev–Trinajstić information content (AvgIpc) is 2.96. The number of hydrogen-bond donors (Lipinski definition) is 0. The minimum Gasteiger partial charge on any atom is -0.494 e. The van der Waals surface area contributed by atoms with Gasteiger partial charge in [-0.3, -0.25) is 0 Å². The third kappa shape index (κ3) is 9.41. The molecule has 1 aliphatic rings. The normalized spacial score (nSPS) is 16.1. The Morgan fingerprint density at radius 2 is 1.63 bits per heavy atom. The largest absolute Gasteiger partial charge is 0.494 e. The Hall–Kier alpha value is -1.36. The summed E-state index contributed by atoms with van der Waals surface area (Å²) in [6, 6.07) is 8.29. The van der Waals surface area contributed by atoms with Crippen molar-refractivity contribution in [2.75, 3.05) is 39.5 Å². The minimum absolute atomic E-state index is 0.150. The van der Waals surface area contributed by atoms with Gasteiger partial charge in [-0.1, -0.05) is 37.1 Å². The second-order valence-corrected chi connectivity index (χ2v) is 7.01. The fraction of sp³-hybridized carbons (Fsp3) is 0.652. The highest BCUT2D eigenvalue weighted by atomic mass is 16.7. The van der Waals surface area contributed by atoms with Crippen molar-refractivity contribution in [1.29, 1.82) is 0 Å². The van der Waals surface area contributed by atoms with E-state index in [0.717, 1.165) is 31.7 Å². The molecule has 2 rings (SSSR count). The van der Waals surface area contributed by atoms with Gasteiger partial charge in [-0.25, -0.2) is 0 Å². The van der Waals surface area contributed by atoms with Gasteiger partial charge in [-0.05, 0) is 63.9 Å². The molecular formula is C23H37NO3.